The summed E-state index contributed by atoms with van der Waals surface area (Å²) >= 11 is 0. The normalized spacial score (nSPS) is 37.6. The zero-order chi connectivity index (χ0) is 44.1. The Morgan fingerprint density at radius 1 is 1.10 bits per heavy atom. The van der Waals surface area contributed by atoms with E-state index in [1.807, 2.05) is 38.9 Å². The number of aliphatic hydroxyl groups excluding tert-OH is 1. The van der Waals surface area contributed by atoms with Gasteiger partial charge in [0.2, 0.25) is 5.91 Å². The molecule has 5 rings (SSSR count). The summed E-state index contributed by atoms with van der Waals surface area (Å²) in [6.07, 6.45) is -0.0360. The average molecular weight is 841 g/mol. The predicted molar refractivity (Wildman–Crippen MR) is 220 cm³/mol. The molecule has 332 valence electrons. The Kier molecular flexibility index (Phi) is 15.6. The molecule has 0 radical (unpaired) electrons. The summed E-state index contributed by atoms with van der Waals surface area (Å²) in [4.78, 5) is 58.0. The van der Waals surface area contributed by atoms with E-state index < -0.39 is 83.2 Å². The zero-order valence-electron chi connectivity index (χ0n) is 36.8. The first-order chi connectivity index (χ1) is 28.3. The molecule has 0 aromatic carbocycles. The first-order valence-corrected chi connectivity index (χ1v) is 20.9. The minimum absolute atomic E-state index is 0.0440. The van der Waals surface area contributed by atoms with Crippen molar-refractivity contribution >= 4 is 29.1 Å². The number of aliphatic imine (C=N–C) groups is 1. The lowest BCUT2D eigenvalue weighted by Crippen LogP contribution is -2.60. The number of ketones is 1. The first kappa shape index (κ1) is 47.1. The van der Waals surface area contributed by atoms with Crippen molar-refractivity contribution < 1.29 is 53.1 Å². The number of Topliss-reactive ketones (excluding diaryl/α,β-unsaturated/α-hetero) is 1. The lowest BCUT2D eigenvalue weighted by molar-refractivity contribution is -0.296. The lowest BCUT2D eigenvalue weighted by Gasteiger charge is -2.47. The molecule has 3 fully saturated rings. The van der Waals surface area contributed by atoms with Gasteiger partial charge in [0.15, 0.2) is 17.9 Å². The van der Waals surface area contributed by atoms with Gasteiger partial charge in [-0.3, -0.25) is 14.4 Å². The number of aromatic nitrogens is 3. The van der Waals surface area contributed by atoms with E-state index in [0.29, 0.717) is 18.0 Å². The van der Waals surface area contributed by atoms with E-state index in [2.05, 4.69) is 20.2 Å². The average Bonchev–Trinajstić information content (AvgIpc) is 3.74. The monoisotopic (exact) mass is 840 g/mol. The number of aliphatic hydroxyl groups is 2. The van der Waals surface area contributed by atoms with Gasteiger partial charge in [-0.05, 0) is 79.1 Å². The highest BCUT2D eigenvalue weighted by molar-refractivity contribution is 6.00. The molecule has 3 saturated heterocycles. The fourth-order valence-electron chi connectivity index (χ4n) is 8.85. The number of esters is 1. The van der Waals surface area contributed by atoms with Gasteiger partial charge in [0.25, 0.3) is 0 Å². The summed E-state index contributed by atoms with van der Waals surface area (Å²) in [6.45, 7) is 14.7. The van der Waals surface area contributed by atoms with Gasteiger partial charge in [-0.1, -0.05) is 38.9 Å². The molecule has 2 aromatic rings. The third-order valence-electron chi connectivity index (χ3n) is 12.1. The van der Waals surface area contributed by atoms with Gasteiger partial charge >= 0.3 is 5.97 Å². The maximum Gasteiger partial charge on any atom is 0.316 e. The van der Waals surface area contributed by atoms with Crippen molar-refractivity contribution in [2.45, 2.75) is 142 Å². The number of ether oxygens (including phenoxy) is 5. The van der Waals surface area contributed by atoms with E-state index in [0.717, 1.165) is 5.56 Å². The molecule has 1 amide bonds. The van der Waals surface area contributed by atoms with Crippen molar-refractivity contribution in [3.63, 3.8) is 0 Å². The highest BCUT2D eigenvalue weighted by atomic mass is 16.7. The van der Waals surface area contributed by atoms with Crippen LogP contribution in [0.5, 0.6) is 0 Å². The van der Waals surface area contributed by atoms with Gasteiger partial charge in [0.1, 0.15) is 36.0 Å². The number of carbonyl (C=O) groups is 3. The molecule has 17 heteroatoms. The molecule has 2 aromatic heterocycles. The van der Waals surface area contributed by atoms with Crippen LogP contribution in [0.4, 0.5) is 0 Å². The quantitative estimate of drug-likeness (QED) is 0.221. The Labute approximate surface area is 352 Å². The number of hydrogen-bond acceptors (Lipinski definition) is 15. The molecule has 17 nitrogen and oxygen atoms in total. The van der Waals surface area contributed by atoms with Crippen LogP contribution in [-0.2, 0) is 49.5 Å². The Hall–Kier alpha value is -3.97. The topological polar surface area (TPSA) is 206 Å². The van der Waals surface area contributed by atoms with Crippen molar-refractivity contribution in [3.8, 4) is 5.82 Å². The largest absolute Gasteiger partial charge is 0.459 e. The summed E-state index contributed by atoms with van der Waals surface area (Å²) in [5.41, 5.74) is -1.84. The van der Waals surface area contributed by atoms with Crippen molar-refractivity contribution in [3.05, 3.63) is 42.4 Å². The second-order valence-corrected chi connectivity index (χ2v) is 17.3. The number of carbonyl (C=O) groups excluding carboxylic acids is 3. The predicted octanol–water partition coefficient (Wildman–Crippen LogP) is 3.70. The van der Waals surface area contributed by atoms with Crippen LogP contribution in [0.25, 0.3) is 5.82 Å². The van der Waals surface area contributed by atoms with Crippen molar-refractivity contribution in [1.82, 2.24) is 19.7 Å². The molecule has 60 heavy (non-hydrogen) atoms. The van der Waals surface area contributed by atoms with Crippen LogP contribution in [-0.4, -0.2) is 140 Å². The lowest BCUT2D eigenvalue weighted by atomic mass is 9.73. The summed E-state index contributed by atoms with van der Waals surface area (Å²) < 4.78 is 34.1. The summed E-state index contributed by atoms with van der Waals surface area (Å²) in [6, 6.07) is 5.13. The van der Waals surface area contributed by atoms with E-state index in [-0.39, 0.29) is 50.5 Å². The van der Waals surface area contributed by atoms with Gasteiger partial charge in [-0.25, -0.2) is 14.7 Å². The smallest absolute Gasteiger partial charge is 0.316 e. The maximum atomic E-state index is 14.5. The molecule has 2 N–H and O–H groups in total. The van der Waals surface area contributed by atoms with E-state index in [1.54, 1.807) is 63.1 Å². The summed E-state index contributed by atoms with van der Waals surface area (Å²) in [7, 11) is 3.73. The fraction of sp³-hybridized carbons (Fsp3) is 0.698. The summed E-state index contributed by atoms with van der Waals surface area (Å²) in [5.74, 6) is -4.71. The minimum Gasteiger partial charge on any atom is -0.459 e. The van der Waals surface area contributed by atoms with Crippen LogP contribution in [0, 0.1) is 23.7 Å². The second kappa shape index (κ2) is 19.8. The molecule has 0 aliphatic carbocycles. The Morgan fingerprint density at radius 3 is 2.45 bits per heavy atom. The molecule has 3 aliphatic heterocycles. The van der Waals surface area contributed by atoms with Gasteiger partial charge in [-0.2, -0.15) is 5.10 Å². The Bertz CT molecular complexity index is 1840. The number of amides is 1. The number of fused-ring (bicyclic) bond motifs is 5. The first-order valence-electron chi connectivity index (χ1n) is 20.9. The fourth-order valence-corrected chi connectivity index (χ4v) is 8.85. The molecule has 13 atom stereocenters. The van der Waals surface area contributed by atoms with Crippen molar-refractivity contribution in [2.75, 3.05) is 27.3 Å². The van der Waals surface area contributed by atoms with E-state index >= 15 is 0 Å². The number of hydrogen-bond donors (Lipinski definition) is 2. The van der Waals surface area contributed by atoms with E-state index in [9.17, 15) is 24.6 Å². The standard InChI is InChI=1S/C43H64N6O11/c1-12-33-43(9,54)39-26(4)35(46-29(7)50)24(2)19-42(8,56-23-31(22-55-39)47-57-21-30-14-15-34(44-20-30)49-17-13-16-45-49)38(27(5)36(51)28(6)40(53)59-33)60-41-37(52)32(48(10)11)18-25(3)58-41/h13-17,20,24-28,32-33,37-39,41,52,54H,12,18-19,21-23H2,1-11H3/b46-35?,47-31+/t24-,25-,26+,27+,28-,32+,33-,37-,38-,39+,41+,42+,43-/m1/s1. The summed E-state index contributed by atoms with van der Waals surface area (Å²) in [5, 5.41) is 32.8. The number of cyclic esters (lactones) is 1. The third-order valence-corrected chi connectivity index (χ3v) is 12.1. The van der Waals surface area contributed by atoms with Gasteiger partial charge in [0.05, 0.1) is 37.1 Å². The van der Waals surface area contributed by atoms with Crippen LogP contribution in [0.3, 0.4) is 0 Å². The highest BCUT2D eigenvalue weighted by Crippen LogP contribution is 2.40. The van der Waals surface area contributed by atoms with Crippen LogP contribution in [0.2, 0.25) is 0 Å². The second-order valence-electron chi connectivity index (χ2n) is 17.3. The maximum absolute atomic E-state index is 14.5. The number of nitrogens with zero attached hydrogens (tertiary/aromatic N) is 6. The van der Waals surface area contributed by atoms with Crippen LogP contribution >= 0.6 is 0 Å². The van der Waals surface area contributed by atoms with Gasteiger partial charge in [-0.15, -0.1) is 0 Å². The number of rotatable bonds is 8. The van der Waals surface area contributed by atoms with E-state index in [1.165, 1.54) is 20.8 Å². The Morgan fingerprint density at radius 2 is 1.83 bits per heavy atom. The Balaban J connectivity index is 1.63. The van der Waals surface area contributed by atoms with Crippen LogP contribution < -0.4 is 0 Å². The van der Waals surface area contributed by atoms with Gasteiger partial charge < -0.3 is 43.6 Å². The molecular weight excluding hydrogens is 777 g/mol. The molecular formula is C43H64N6O11. The zero-order valence-corrected chi connectivity index (χ0v) is 36.8. The van der Waals surface area contributed by atoms with Crippen LogP contribution in [0.1, 0.15) is 87.1 Å². The highest BCUT2D eigenvalue weighted by Gasteiger charge is 2.53. The van der Waals surface area contributed by atoms with Crippen molar-refractivity contribution in [1.29, 1.82) is 0 Å². The molecule has 0 spiro atoms. The number of oxime groups is 1. The third kappa shape index (κ3) is 10.7. The molecule has 3 aliphatic rings. The molecule has 0 saturated carbocycles. The molecule has 0 unspecified atom stereocenters. The molecule has 5 heterocycles. The van der Waals surface area contributed by atoms with E-state index in [4.69, 9.17) is 28.5 Å². The number of pyridine rings is 1. The number of likely N-dealkylation sites (N-methyl/N-ethyl adjacent to an activating group) is 1. The van der Waals surface area contributed by atoms with Crippen LogP contribution in [0.15, 0.2) is 46.9 Å². The van der Waals surface area contributed by atoms with Crippen molar-refractivity contribution in [2.24, 2.45) is 33.8 Å². The SMILES string of the molecule is CC[C@H]1OC(=O)[C@H](C)C(=O)[C@H](C)[C@@H](O[C@@H]2O[C@H](C)C[C@H](N(C)C)[C@H]2O)[C@]2(C)C[C@@H](C)C(=NC(C)=O)[C@H](C)[C@H](OC/C(=N\OCc3ccc(-n4cccn4)nc3)CO2)[C@]1(C)O. The molecule has 2 bridgehead atoms. The minimum atomic E-state index is -1.86. The van der Waals surface area contributed by atoms with Gasteiger partial charge in [0, 0.05) is 54.7 Å².